The highest BCUT2D eigenvalue weighted by atomic mass is 32.2. The summed E-state index contributed by atoms with van der Waals surface area (Å²) in [6.45, 7) is 0. The monoisotopic (exact) mass is 407 g/mol. The van der Waals surface area contributed by atoms with Crippen molar-refractivity contribution < 1.29 is 13.8 Å². The number of pyridine rings is 1. The van der Waals surface area contributed by atoms with Crippen LogP contribution in [0.2, 0.25) is 0 Å². The Bertz CT molecular complexity index is 1030. The third kappa shape index (κ3) is 5.14. The van der Waals surface area contributed by atoms with Crippen LogP contribution in [0.5, 0.6) is 0 Å². The average Bonchev–Trinajstić information content (AvgIpc) is 2.74. The number of carbonyl (C=O) groups is 2. The number of rotatable bonds is 6. The summed E-state index contributed by atoms with van der Waals surface area (Å²) in [6.07, 6.45) is 1.52. The van der Waals surface area contributed by atoms with Crippen molar-refractivity contribution in [1.82, 2.24) is 9.88 Å². The van der Waals surface area contributed by atoms with Gasteiger partial charge in [0.2, 0.25) is 0 Å². The highest BCUT2D eigenvalue weighted by Crippen LogP contribution is 2.17. The Hall–Kier alpha value is -3.32. The van der Waals surface area contributed by atoms with Gasteiger partial charge >= 0.3 is 0 Å². The SMILES string of the molecule is CN(C)C(=O)c1ccc(NC(=O)c2cccnc2S(=O)Cc2ccccc2)cc1. The topological polar surface area (TPSA) is 79.4 Å². The molecular weight excluding hydrogens is 386 g/mol. The quantitative estimate of drug-likeness (QED) is 0.680. The van der Waals surface area contributed by atoms with E-state index in [-0.39, 0.29) is 22.2 Å². The van der Waals surface area contributed by atoms with Gasteiger partial charge in [-0.15, -0.1) is 0 Å². The second kappa shape index (κ2) is 9.25. The van der Waals surface area contributed by atoms with Gasteiger partial charge in [-0.05, 0) is 42.0 Å². The summed E-state index contributed by atoms with van der Waals surface area (Å²) < 4.78 is 12.8. The molecule has 3 rings (SSSR count). The molecule has 3 aromatic rings. The lowest BCUT2D eigenvalue weighted by molar-refractivity contribution is 0.0827. The van der Waals surface area contributed by atoms with Crippen molar-refractivity contribution in [1.29, 1.82) is 0 Å². The lowest BCUT2D eigenvalue weighted by Crippen LogP contribution is -2.21. The van der Waals surface area contributed by atoms with Crippen molar-refractivity contribution in [3.05, 3.63) is 89.6 Å². The molecule has 0 bridgehead atoms. The van der Waals surface area contributed by atoms with Crippen LogP contribution in [0.4, 0.5) is 5.69 Å². The first-order chi connectivity index (χ1) is 14.0. The van der Waals surface area contributed by atoms with E-state index in [0.29, 0.717) is 11.3 Å². The maximum atomic E-state index is 12.8. The van der Waals surface area contributed by atoms with Gasteiger partial charge in [0, 0.05) is 31.5 Å². The van der Waals surface area contributed by atoms with Gasteiger partial charge in [-0.25, -0.2) is 4.98 Å². The summed E-state index contributed by atoms with van der Waals surface area (Å²) in [5.41, 5.74) is 2.23. The van der Waals surface area contributed by atoms with Crippen LogP contribution in [0.3, 0.4) is 0 Å². The smallest absolute Gasteiger partial charge is 0.258 e. The van der Waals surface area contributed by atoms with Gasteiger partial charge in [-0.3, -0.25) is 13.8 Å². The van der Waals surface area contributed by atoms with E-state index >= 15 is 0 Å². The number of hydrogen-bond donors (Lipinski definition) is 1. The number of nitrogens with one attached hydrogen (secondary N) is 1. The molecule has 29 heavy (non-hydrogen) atoms. The van der Waals surface area contributed by atoms with Crippen molar-refractivity contribution in [3.63, 3.8) is 0 Å². The first-order valence-corrected chi connectivity index (χ1v) is 10.3. The van der Waals surface area contributed by atoms with E-state index in [2.05, 4.69) is 10.3 Å². The van der Waals surface area contributed by atoms with E-state index in [9.17, 15) is 13.8 Å². The molecule has 0 aliphatic carbocycles. The number of benzene rings is 2. The molecule has 0 spiro atoms. The predicted molar refractivity (Wildman–Crippen MR) is 113 cm³/mol. The van der Waals surface area contributed by atoms with Crippen molar-refractivity contribution in [2.75, 3.05) is 19.4 Å². The zero-order valence-electron chi connectivity index (χ0n) is 16.2. The maximum absolute atomic E-state index is 12.8. The molecule has 148 valence electrons. The van der Waals surface area contributed by atoms with E-state index < -0.39 is 16.7 Å². The summed E-state index contributed by atoms with van der Waals surface area (Å²) in [7, 11) is 1.89. The fraction of sp³-hybridized carbons (Fsp3) is 0.136. The van der Waals surface area contributed by atoms with Gasteiger partial charge in [-0.1, -0.05) is 30.3 Å². The van der Waals surface area contributed by atoms with Gasteiger partial charge in [0.15, 0.2) is 0 Å². The summed E-state index contributed by atoms with van der Waals surface area (Å²) in [4.78, 5) is 30.4. The Morgan fingerprint density at radius 1 is 0.966 bits per heavy atom. The Morgan fingerprint density at radius 2 is 1.66 bits per heavy atom. The molecule has 0 saturated heterocycles. The fourth-order valence-electron chi connectivity index (χ4n) is 2.69. The molecule has 2 amide bonds. The Balaban J connectivity index is 1.76. The van der Waals surface area contributed by atoms with Crippen LogP contribution in [-0.2, 0) is 16.6 Å². The number of amides is 2. The Labute approximate surface area is 172 Å². The molecule has 2 aromatic carbocycles. The van der Waals surface area contributed by atoms with Crippen molar-refractivity contribution in [3.8, 4) is 0 Å². The standard InChI is InChI=1S/C22H21N3O3S/c1-25(2)22(27)17-10-12-18(13-11-17)24-20(26)19-9-6-14-23-21(19)29(28)15-16-7-4-3-5-8-16/h3-14H,15H2,1-2H3,(H,24,26). The van der Waals surface area contributed by atoms with E-state index in [1.165, 1.54) is 11.1 Å². The first-order valence-electron chi connectivity index (χ1n) is 8.96. The predicted octanol–water partition coefficient (Wildman–Crippen LogP) is 3.34. The Kier molecular flexibility index (Phi) is 6.51. The molecule has 1 heterocycles. The molecule has 0 aliphatic rings. The van der Waals surface area contributed by atoms with Crippen LogP contribution >= 0.6 is 0 Å². The number of carbonyl (C=O) groups excluding carboxylic acids is 2. The molecule has 6 nitrogen and oxygen atoms in total. The van der Waals surface area contributed by atoms with E-state index in [0.717, 1.165) is 5.56 Å². The molecule has 0 fully saturated rings. The van der Waals surface area contributed by atoms with Gasteiger partial charge in [0.1, 0.15) is 5.03 Å². The van der Waals surface area contributed by atoms with E-state index in [1.807, 2.05) is 30.3 Å². The third-order valence-electron chi connectivity index (χ3n) is 4.17. The normalized spacial score (nSPS) is 11.5. The van der Waals surface area contributed by atoms with E-state index in [1.54, 1.807) is 50.5 Å². The molecule has 0 aliphatic heterocycles. The Morgan fingerprint density at radius 3 is 2.31 bits per heavy atom. The maximum Gasteiger partial charge on any atom is 0.258 e. The summed E-state index contributed by atoms with van der Waals surface area (Å²) in [5.74, 6) is -0.241. The van der Waals surface area contributed by atoms with Crippen LogP contribution < -0.4 is 5.32 Å². The molecule has 1 aromatic heterocycles. The number of nitrogens with zero attached hydrogens (tertiary/aromatic N) is 2. The number of aromatic nitrogens is 1. The lowest BCUT2D eigenvalue weighted by atomic mass is 10.2. The van der Waals surface area contributed by atoms with Crippen molar-refractivity contribution in [2.45, 2.75) is 10.8 Å². The van der Waals surface area contributed by atoms with Crippen LogP contribution in [0.1, 0.15) is 26.3 Å². The summed E-state index contributed by atoms with van der Waals surface area (Å²) in [5, 5.41) is 3.02. The molecule has 0 saturated carbocycles. The van der Waals surface area contributed by atoms with Crippen LogP contribution in [0.25, 0.3) is 0 Å². The second-order valence-electron chi connectivity index (χ2n) is 6.56. The highest BCUT2D eigenvalue weighted by molar-refractivity contribution is 7.84. The molecule has 1 N–H and O–H groups in total. The summed E-state index contributed by atoms with van der Waals surface area (Å²) in [6, 6.07) is 19.3. The molecule has 0 radical (unpaired) electrons. The van der Waals surface area contributed by atoms with Crippen LogP contribution in [0.15, 0.2) is 78.0 Å². The second-order valence-corrected chi connectivity index (χ2v) is 7.93. The number of hydrogen-bond acceptors (Lipinski definition) is 4. The van der Waals surface area contributed by atoms with Crippen molar-refractivity contribution >= 4 is 28.3 Å². The minimum atomic E-state index is -1.46. The fourth-order valence-corrected chi connectivity index (χ4v) is 3.91. The van der Waals surface area contributed by atoms with Gasteiger partial charge in [0.05, 0.1) is 22.1 Å². The highest BCUT2D eigenvalue weighted by Gasteiger charge is 2.18. The van der Waals surface area contributed by atoms with Gasteiger partial charge in [-0.2, -0.15) is 0 Å². The van der Waals surface area contributed by atoms with E-state index in [4.69, 9.17) is 0 Å². The zero-order valence-corrected chi connectivity index (χ0v) is 17.0. The van der Waals surface area contributed by atoms with Gasteiger partial charge < -0.3 is 10.2 Å². The first kappa shape index (κ1) is 20.4. The minimum Gasteiger partial charge on any atom is -0.345 e. The molecular formula is C22H21N3O3S. The minimum absolute atomic E-state index is 0.117. The number of anilines is 1. The molecule has 1 atom stereocenters. The van der Waals surface area contributed by atoms with Crippen molar-refractivity contribution in [2.24, 2.45) is 0 Å². The zero-order chi connectivity index (χ0) is 20.8. The third-order valence-corrected chi connectivity index (χ3v) is 5.52. The van der Waals surface area contributed by atoms with Crippen LogP contribution in [-0.4, -0.2) is 40.0 Å². The largest absolute Gasteiger partial charge is 0.345 e. The average molecular weight is 407 g/mol. The summed E-state index contributed by atoms with van der Waals surface area (Å²) >= 11 is 0. The molecule has 1 unspecified atom stereocenters. The van der Waals surface area contributed by atoms with Crippen LogP contribution in [0, 0.1) is 0 Å². The molecule has 7 heteroatoms. The lowest BCUT2D eigenvalue weighted by Gasteiger charge is -2.12. The van der Waals surface area contributed by atoms with Gasteiger partial charge in [0.25, 0.3) is 11.8 Å².